The molecule has 2 heterocycles. The van der Waals surface area contributed by atoms with Gasteiger partial charge < -0.3 is 20.1 Å². The largest absolute Gasteiger partial charge is 0.451 e. The van der Waals surface area contributed by atoms with Gasteiger partial charge in [-0.25, -0.2) is 13.2 Å². The fraction of sp³-hybridized carbons (Fsp3) is 0.250. The van der Waals surface area contributed by atoms with Crippen LogP contribution in [-0.2, 0) is 28.9 Å². The number of nitrogens with zero attached hydrogens (tertiary/aromatic N) is 5. The number of fused-ring (bicyclic) bond motifs is 1. The van der Waals surface area contributed by atoms with E-state index in [9.17, 15) is 35.9 Å². The maximum absolute atomic E-state index is 14.9. The standard InChI is InChI=1S/C24H20F6N6O2/c1-13(9-20(37)34-7-8-35-19(12-34)32-33-23(35)24(28,29)30)36(18-11-16(26)15(25)10-17(18)27)21(22(31)38)14-5-3-2-4-6-14/h2-6,9-11,21H,7-8,12H2,1H3,(H2,31,38)/b13-9-/t21-/m0/s1. The van der Waals surface area contributed by atoms with E-state index in [1.807, 2.05) is 0 Å². The number of hydrogen-bond donors (Lipinski definition) is 1. The molecule has 3 aromatic rings. The van der Waals surface area contributed by atoms with Crippen molar-refractivity contribution in [1.82, 2.24) is 19.7 Å². The number of halogens is 6. The van der Waals surface area contributed by atoms with Crippen molar-refractivity contribution < 1.29 is 35.9 Å². The van der Waals surface area contributed by atoms with Gasteiger partial charge in [-0.3, -0.25) is 9.59 Å². The van der Waals surface area contributed by atoms with E-state index in [0.29, 0.717) is 12.1 Å². The van der Waals surface area contributed by atoms with Crippen LogP contribution in [0.1, 0.15) is 30.2 Å². The number of anilines is 1. The number of aromatic nitrogens is 3. The van der Waals surface area contributed by atoms with E-state index < -0.39 is 53.0 Å². The lowest BCUT2D eigenvalue weighted by Gasteiger charge is -2.33. The van der Waals surface area contributed by atoms with Gasteiger partial charge in [0.2, 0.25) is 17.6 Å². The second-order valence-electron chi connectivity index (χ2n) is 8.44. The van der Waals surface area contributed by atoms with Gasteiger partial charge in [-0.05, 0) is 12.5 Å². The third-order valence-electron chi connectivity index (χ3n) is 5.92. The van der Waals surface area contributed by atoms with Crippen LogP contribution in [0.2, 0.25) is 0 Å². The van der Waals surface area contributed by atoms with Gasteiger partial charge in [0.05, 0.1) is 12.2 Å². The highest BCUT2D eigenvalue weighted by Crippen LogP contribution is 2.35. The predicted octanol–water partition coefficient (Wildman–Crippen LogP) is 3.69. The van der Waals surface area contributed by atoms with Gasteiger partial charge >= 0.3 is 6.18 Å². The molecule has 0 fully saturated rings. The van der Waals surface area contributed by atoms with Gasteiger partial charge in [0, 0.05) is 37.0 Å². The van der Waals surface area contributed by atoms with Crippen LogP contribution in [0.15, 0.2) is 54.2 Å². The fourth-order valence-electron chi connectivity index (χ4n) is 4.20. The maximum atomic E-state index is 14.9. The van der Waals surface area contributed by atoms with E-state index in [-0.39, 0.29) is 36.7 Å². The Morgan fingerprint density at radius 3 is 2.32 bits per heavy atom. The Labute approximate surface area is 212 Å². The molecule has 0 spiro atoms. The maximum Gasteiger partial charge on any atom is 0.451 e. The first-order chi connectivity index (χ1) is 17.9. The van der Waals surface area contributed by atoms with Gasteiger partial charge in [0.1, 0.15) is 11.9 Å². The lowest BCUT2D eigenvalue weighted by molar-refractivity contribution is -0.148. The number of benzene rings is 2. The van der Waals surface area contributed by atoms with E-state index in [1.54, 1.807) is 18.2 Å². The summed E-state index contributed by atoms with van der Waals surface area (Å²) in [4.78, 5) is 27.8. The summed E-state index contributed by atoms with van der Waals surface area (Å²) in [6.45, 7) is 0.661. The summed E-state index contributed by atoms with van der Waals surface area (Å²) in [5.74, 6) is -7.06. The van der Waals surface area contributed by atoms with Crippen LogP contribution in [0.25, 0.3) is 0 Å². The summed E-state index contributed by atoms with van der Waals surface area (Å²) in [5.41, 5.74) is 5.26. The Hall–Kier alpha value is -4.36. The molecule has 200 valence electrons. The summed E-state index contributed by atoms with van der Waals surface area (Å²) in [7, 11) is 0. The summed E-state index contributed by atoms with van der Waals surface area (Å²) in [6, 6.07) is 7.21. The molecule has 0 saturated heterocycles. The van der Waals surface area contributed by atoms with Crippen LogP contribution >= 0.6 is 0 Å². The van der Waals surface area contributed by atoms with E-state index in [0.717, 1.165) is 15.5 Å². The number of carbonyl (C=O) groups excluding carboxylic acids is 2. The molecule has 2 aromatic carbocycles. The molecule has 1 aromatic heterocycles. The first-order valence-electron chi connectivity index (χ1n) is 11.1. The fourth-order valence-corrected chi connectivity index (χ4v) is 4.20. The topological polar surface area (TPSA) is 97.3 Å². The Kier molecular flexibility index (Phi) is 7.16. The third kappa shape index (κ3) is 5.19. The predicted molar refractivity (Wildman–Crippen MR) is 121 cm³/mol. The molecule has 2 amide bonds. The van der Waals surface area contributed by atoms with Crippen LogP contribution in [0, 0.1) is 17.5 Å². The number of hydrogen-bond acceptors (Lipinski definition) is 5. The highest BCUT2D eigenvalue weighted by atomic mass is 19.4. The second kappa shape index (κ2) is 10.2. The third-order valence-corrected chi connectivity index (χ3v) is 5.92. The zero-order chi connectivity index (χ0) is 27.8. The van der Waals surface area contributed by atoms with Crippen molar-refractivity contribution in [3.63, 3.8) is 0 Å². The zero-order valence-electron chi connectivity index (χ0n) is 19.7. The lowest BCUT2D eigenvalue weighted by atomic mass is 10.0. The summed E-state index contributed by atoms with van der Waals surface area (Å²) in [6.07, 6.45) is -3.72. The Balaban J connectivity index is 1.72. The summed E-state index contributed by atoms with van der Waals surface area (Å²) >= 11 is 0. The van der Waals surface area contributed by atoms with Gasteiger partial charge in [-0.1, -0.05) is 30.3 Å². The molecular formula is C24H20F6N6O2. The average molecular weight is 538 g/mol. The first kappa shape index (κ1) is 26.7. The molecule has 0 saturated carbocycles. The Bertz CT molecular complexity index is 1410. The molecule has 0 bridgehead atoms. The van der Waals surface area contributed by atoms with E-state index in [2.05, 4.69) is 10.2 Å². The van der Waals surface area contributed by atoms with Crippen molar-refractivity contribution in [2.24, 2.45) is 5.73 Å². The molecule has 2 N–H and O–H groups in total. The number of amides is 2. The Morgan fingerprint density at radius 1 is 1.03 bits per heavy atom. The molecular weight excluding hydrogens is 518 g/mol. The van der Waals surface area contributed by atoms with Crippen molar-refractivity contribution in [3.8, 4) is 0 Å². The molecule has 0 aliphatic carbocycles. The Morgan fingerprint density at radius 2 is 1.68 bits per heavy atom. The smallest absolute Gasteiger partial charge is 0.368 e. The van der Waals surface area contributed by atoms with Crippen molar-refractivity contribution in [3.05, 3.63) is 88.9 Å². The van der Waals surface area contributed by atoms with Gasteiger partial charge in [-0.15, -0.1) is 10.2 Å². The molecule has 0 radical (unpaired) electrons. The number of alkyl halides is 3. The van der Waals surface area contributed by atoms with Gasteiger partial charge in [-0.2, -0.15) is 13.2 Å². The molecule has 0 unspecified atom stereocenters. The van der Waals surface area contributed by atoms with Crippen LogP contribution in [0.5, 0.6) is 0 Å². The summed E-state index contributed by atoms with van der Waals surface area (Å²) < 4.78 is 82.9. The molecule has 14 heteroatoms. The highest BCUT2D eigenvalue weighted by Gasteiger charge is 2.40. The van der Waals surface area contributed by atoms with Crippen LogP contribution in [-0.4, -0.2) is 38.0 Å². The number of allylic oxidation sites excluding steroid dienone is 1. The van der Waals surface area contributed by atoms with E-state index in [4.69, 9.17) is 5.73 Å². The highest BCUT2D eigenvalue weighted by molar-refractivity contribution is 5.91. The monoisotopic (exact) mass is 538 g/mol. The minimum atomic E-state index is -4.72. The zero-order valence-corrected chi connectivity index (χ0v) is 19.7. The van der Waals surface area contributed by atoms with Gasteiger partial charge in [0.25, 0.3) is 0 Å². The normalized spacial score (nSPS) is 14.7. The van der Waals surface area contributed by atoms with Crippen molar-refractivity contribution in [2.45, 2.75) is 32.2 Å². The first-order valence-corrected chi connectivity index (χ1v) is 11.1. The van der Waals surface area contributed by atoms with E-state index in [1.165, 1.54) is 24.0 Å². The average Bonchev–Trinajstić information content (AvgIpc) is 3.29. The van der Waals surface area contributed by atoms with Gasteiger partial charge in [0.15, 0.2) is 17.5 Å². The second-order valence-corrected chi connectivity index (χ2v) is 8.44. The van der Waals surface area contributed by atoms with Crippen LogP contribution in [0.3, 0.4) is 0 Å². The van der Waals surface area contributed by atoms with Crippen LogP contribution in [0.4, 0.5) is 32.0 Å². The number of rotatable bonds is 6. The number of primary amides is 1. The summed E-state index contributed by atoms with van der Waals surface area (Å²) in [5, 5.41) is 6.68. The quantitative estimate of drug-likeness (QED) is 0.293. The lowest BCUT2D eigenvalue weighted by Crippen LogP contribution is -2.40. The van der Waals surface area contributed by atoms with Crippen LogP contribution < -0.4 is 10.6 Å². The van der Waals surface area contributed by atoms with Crippen molar-refractivity contribution in [1.29, 1.82) is 0 Å². The molecule has 1 atom stereocenters. The molecule has 8 nitrogen and oxygen atoms in total. The molecule has 4 rings (SSSR count). The minimum absolute atomic E-state index is 0.0735. The minimum Gasteiger partial charge on any atom is -0.368 e. The van der Waals surface area contributed by atoms with Crippen molar-refractivity contribution >= 4 is 17.5 Å². The number of nitrogens with two attached hydrogens (primary N) is 1. The SMILES string of the molecule is C/C(=C/C(=O)N1CCn2c(nnc2C(F)(F)F)C1)N(c1cc(F)c(F)cc1F)[C@H](C(N)=O)c1ccccc1. The molecule has 38 heavy (non-hydrogen) atoms. The molecule has 1 aliphatic rings. The van der Waals surface area contributed by atoms with Crippen molar-refractivity contribution in [2.75, 3.05) is 11.4 Å². The van der Waals surface area contributed by atoms with E-state index >= 15 is 0 Å². The number of carbonyl (C=O) groups is 2. The molecule has 1 aliphatic heterocycles.